The summed E-state index contributed by atoms with van der Waals surface area (Å²) in [6.07, 6.45) is 3.60. The van der Waals surface area contributed by atoms with Gasteiger partial charge >= 0.3 is 5.76 Å². The van der Waals surface area contributed by atoms with Crippen molar-refractivity contribution in [1.82, 2.24) is 14.7 Å². The zero-order valence-electron chi connectivity index (χ0n) is 21.7. The quantitative estimate of drug-likeness (QED) is 0.261. The molecule has 0 radical (unpaired) electrons. The van der Waals surface area contributed by atoms with Crippen molar-refractivity contribution in [1.29, 1.82) is 0 Å². The number of nitrogens with zero attached hydrogens (tertiary/aromatic N) is 2. The first-order chi connectivity index (χ1) is 18.5. The molecule has 5 aromatic rings. The standard InChI is InChI=1S/C32H31N3O3/c1-3-4-12-26-19-22(2)35(21-24-10-6-5-7-11-24)31(36)29(26)20-23-15-17-25(18-16-23)27-13-8-9-14-28(27)30-33-32(37)38-34-30/h5-11,13-19H,3-4,12,20-21H2,1-2H3,(H,33,34,37). The maximum absolute atomic E-state index is 13.8. The van der Waals surface area contributed by atoms with Crippen LogP contribution < -0.4 is 11.3 Å². The van der Waals surface area contributed by atoms with Gasteiger partial charge in [-0.05, 0) is 53.6 Å². The van der Waals surface area contributed by atoms with E-state index in [1.54, 1.807) is 0 Å². The lowest BCUT2D eigenvalue weighted by Gasteiger charge is -2.17. The van der Waals surface area contributed by atoms with E-state index in [1.807, 2.05) is 54.0 Å². The smallest absolute Gasteiger partial charge is 0.308 e. The Morgan fingerprint density at radius 1 is 0.868 bits per heavy atom. The Balaban J connectivity index is 1.48. The Kier molecular flexibility index (Phi) is 7.50. The predicted molar refractivity (Wildman–Crippen MR) is 150 cm³/mol. The number of aromatic nitrogens is 3. The van der Waals surface area contributed by atoms with Crippen molar-refractivity contribution in [3.05, 3.63) is 134 Å². The van der Waals surface area contributed by atoms with E-state index < -0.39 is 5.76 Å². The Bertz CT molecular complexity index is 1640. The fourth-order valence-corrected chi connectivity index (χ4v) is 4.91. The van der Waals surface area contributed by atoms with Gasteiger partial charge in [0.1, 0.15) is 0 Å². The minimum absolute atomic E-state index is 0.0874. The van der Waals surface area contributed by atoms with Gasteiger partial charge < -0.3 is 4.57 Å². The molecule has 38 heavy (non-hydrogen) atoms. The van der Waals surface area contributed by atoms with Crippen LogP contribution in [0.5, 0.6) is 0 Å². The first-order valence-electron chi connectivity index (χ1n) is 13.0. The number of benzene rings is 3. The van der Waals surface area contributed by atoms with Crippen LogP contribution in [0.3, 0.4) is 0 Å². The van der Waals surface area contributed by atoms with Gasteiger partial charge in [0.15, 0.2) is 5.82 Å². The van der Waals surface area contributed by atoms with Crippen molar-refractivity contribution >= 4 is 0 Å². The molecule has 0 unspecified atom stereocenters. The molecule has 0 saturated carbocycles. The number of H-pyrrole nitrogens is 1. The van der Waals surface area contributed by atoms with Gasteiger partial charge in [0.2, 0.25) is 0 Å². The van der Waals surface area contributed by atoms with Crippen LogP contribution in [-0.2, 0) is 19.4 Å². The van der Waals surface area contributed by atoms with Gasteiger partial charge in [-0.1, -0.05) is 97.4 Å². The third-order valence-electron chi connectivity index (χ3n) is 6.95. The summed E-state index contributed by atoms with van der Waals surface area (Å²) in [5.74, 6) is -0.186. The summed E-state index contributed by atoms with van der Waals surface area (Å²) in [6, 6.07) is 28.3. The SMILES string of the molecule is CCCCc1cc(C)n(Cc2ccccc2)c(=O)c1Cc1ccc(-c2ccccc2-c2noc(=O)[nH]2)cc1. The molecule has 6 heteroatoms. The topological polar surface area (TPSA) is 80.9 Å². The molecule has 192 valence electrons. The lowest BCUT2D eigenvalue weighted by atomic mass is 9.94. The van der Waals surface area contributed by atoms with E-state index in [9.17, 15) is 9.59 Å². The number of hydrogen-bond acceptors (Lipinski definition) is 4. The van der Waals surface area contributed by atoms with Gasteiger partial charge in [-0.15, -0.1) is 0 Å². The molecule has 0 amide bonds. The van der Waals surface area contributed by atoms with E-state index in [1.165, 1.54) is 0 Å². The Morgan fingerprint density at radius 3 is 2.26 bits per heavy atom. The lowest BCUT2D eigenvalue weighted by Crippen LogP contribution is -2.28. The average Bonchev–Trinajstić information content (AvgIpc) is 3.38. The van der Waals surface area contributed by atoms with E-state index in [4.69, 9.17) is 4.52 Å². The highest BCUT2D eigenvalue weighted by Crippen LogP contribution is 2.30. The summed E-state index contributed by atoms with van der Waals surface area (Å²) in [5, 5.41) is 3.85. The summed E-state index contributed by atoms with van der Waals surface area (Å²) < 4.78 is 6.60. The van der Waals surface area contributed by atoms with Gasteiger partial charge in [0.05, 0.1) is 6.54 Å². The van der Waals surface area contributed by atoms with Crippen LogP contribution in [0.25, 0.3) is 22.5 Å². The van der Waals surface area contributed by atoms with Crippen LogP contribution in [0, 0.1) is 6.92 Å². The van der Waals surface area contributed by atoms with E-state index >= 15 is 0 Å². The average molecular weight is 506 g/mol. The van der Waals surface area contributed by atoms with Crippen LogP contribution in [0.4, 0.5) is 0 Å². The van der Waals surface area contributed by atoms with Crippen LogP contribution in [0.2, 0.25) is 0 Å². The highest BCUT2D eigenvalue weighted by Gasteiger charge is 2.15. The van der Waals surface area contributed by atoms with Crippen LogP contribution in [-0.4, -0.2) is 14.7 Å². The highest BCUT2D eigenvalue weighted by atomic mass is 16.5. The number of aromatic amines is 1. The third kappa shape index (κ3) is 5.44. The largest absolute Gasteiger partial charge is 0.439 e. The van der Waals surface area contributed by atoms with Crippen LogP contribution in [0.1, 0.15) is 47.7 Å². The van der Waals surface area contributed by atoms with E-state index in [0.717, 1.165) is 63.9 Å². The number of aryl methyl sites for hydroxylation is 2. The second kappa shape index (κ2) is 11.3. The van der Waals surface area contributed by atoms with Crippen LogP contribution in [0.15, 0.2) is 99.0 Å². The monoisotopic (exact) mass is 505 g/mol. The van der Waals surface area contributed by atoms with E-state index in [0.29, 0.717) is 18.8 Å². The molecule has 0 saturated heterocycles. The second-order valence-corrected chi connectivity index (χ2v) is 9.63. The normalized spacial score (nSPS) is 11.1. The molecule has 5 rings (SSSR count). The number of unbranched alkanes of at least 4 members (excludes halogenated alkanes) is 1. The van der Waals surface area contributed by atoms with Crippen molar-refractivity contribution in [3.8, 4) is 22.5 Å². The first kappa shape index (κ1) is 25.2. The van der Waals surface area contributed by atoms with E-state index in [2.05, 4.69) is 59.5 Å². The van der Waals surface area contributed by atoms with Gasteiger partial charge in [-0.3, -0.25) is 14.3 Å². The summed E-state index contributed by atoms with van der Waals surface area (Å²) in [5.41, 5.74) is 7.99. The Morgan fingerprint density at radius 2 is 1.58 bits per heavy atom. The maximum Gasteiger partial charge on any atom is 0.439 e. The summed E-state index contributed by atoms with van der Waals surface area (Å²) in [4.78, 5) is 27.9. The Labute approximate surface area is 221 Å². The molecule has 0 aliphatic carbocycles. The zero-order chi connectivity index (χ0) is 26.5. The molecular formula is C32H31N3O3. The Hall–Kier alpha value is -4.45. The molecule has 2 aromatic heterocycles. The van der Waals surface area contributed by atoms with Crippen LogP contribution >= 0.6 is 0 Å². The second-order valence-electron chi connectivity index (χ2n) is 9.63. The minimum Gasteiger partial charge on any atom is -0.308 e. The lowest BCUT2D eigenvalue weighted by molar-refractivity contribution is 0.388. The van der Waals surface area contributed by atoms with Crippen molar-refractivity contribution in [2.24, 2.45) is 0 Å². The minimum atomic E-state index is -0.583. The molecule has 0 aliphatic heterocycles. The fourth-order valence-electron chi connectivity index (χ4n) is 4.91. The van der Waals surface area contributed by atoms with Crippen molar-refractivity contribution < 1.29 is 4.52 Å². The summed E-state index contributed by atoms with van der Waals surface area (Å²) >= 11 is 0. The molecule has 0 spiro atoms. The molecule has 2 heterocycles. The van der Waals surface area contributed by atoms with E-state index in [-0.39, 0.29) is 5.56 Å². The molecule has 0 atom stereocenters. The first-order valence-corrected chi connectivity index (χ1v) is 13.0. The molecule has 0 bridgehead atoms. The number of rotatable bonds is 9. The van der Waals surface area contributed by atoms with Crippen molar-refractivity contribution in [2.75, 3.05) is 0 Å². The molecule has 0 aliphatic rings. The van der Waals surface area contributed by atoms with Gasteiger partial charge in [0, 0.05) is 23.2 Å². The van der Waals surface area contributed by atoms with Gasteiger partial charge in [0.25, 0.3) is 5.56 Å². The number of hydrogen-bond donors (Lipinski definition) is 1. The van der Waals surface area contributed by atoms with Gasteiger partial charge in [-0.25, -0.2) is 4.79 Å². The van der Waals surface area contributed by atoms with Gasteiger partial charge in [-0.2, -0.15) is 0 Å². The summed E-state index contributed by atoms with van der Waals surface area (Å²) in [6.45, 7) is 4.76. The number of nitrogens with one attached hydrogen (secondary N) is 1. The molecule has 1 N–H and O–H groups in total. The number of pyridine rings is 1. The fraction of sp³-hybridized carbons (Fsp3) is 0.219. The molecule has 0 fully saturated rings. The van der Waals surface area contributed by atoms with Crippen molar-refractivity contribution in [3.63, 3.8) is 0 Å². The van der Waals surface area contributed by atoms with Crippen molar-refractivity contribution in [2.45, 2.75) is 46.1 Å². The predicted octanol–water partition coefficient (Wildman–Crippen LogP) is 6.15. The highest BCUT2D eigenvalue weighted by molar-refractivity contribution is 5.80. The molecular weight excluding hydrogens is 474 g/mol. The maximum atomic E-state index is 13.8. The molecule has 6 nitrogen and oxygen atoms in total. The zero-order valence-corrected chi connectivity index (χ0v) is 21.7. The molecule has 3 aromatic carbocycles. The third-order valence-corrected chi connectivity index (χ3v) is 6.95. The summed E-state index contributed by atoms with van der Waals surface area (Å²) in [7, 11) is 0.